The van der Waals surface area contributed by atoms with E-state index in [-0.39, 0.29) is 16.3 Å². The predicted octanol–water partition coefficient (Wildman–Crippen LogP) is 3.43. The smallest absolute Gasteiger partial charge is 0.144 e. The van der Waals surface area contributed by atoms with E-state index in [4.69, 9.17) is 16.3 Å². The van der Waals surface area contributed by atoms with Crippen LogP contribution in [0.2, 0.25) is 5.02 Å². The standard InChI is InChI=1S/C15H21ClFNO/c1-2-18-10-15(7-4-8-19-11-15)9-12-5-3-6-13(16)14(12)17/h3,5-6,18H,2,4,7-11H2,1H3. The summed E-state index contributed by atoms with van der Waals surface area (Å²) in [6.45, 7) is 5.35. The Morgan fingerprint density at radius 1 is 1.47 bits per heavy atom. The summed E-state index contributed by atoms with van der Waals surface area (Å²) >= 11 is 5.86. The molecule has 0 bridgehead atoms. The summed E-state index contributed by atoms with van der Waals surface area (Å²) < 4.78 is 19.7. The number of nitrogens with one attached hydrogen (secondary N) is 1. The molecule has 2 rings (SSSR count). The van der Waals surface area contributed by atoms with Crippen molar-refractivity contribution >= 4 is 11.6 Å². The first kappa shape index (κ1) is 14.8. The van der Waals surface area contributed by atoms with Gasteiger partial charge in [0, 0.05) is 18.6 Å². The summed E-state index contributed by atoms with van der Waals surface area (Å²) in [5.41, 5.74) is 0.677. The molecule has 1 aliphatic heterocycles. The van der Waals surface area contributed by atoms with Gasteiger partial charge in [-0.3, -0.25) is 0 Å². The normalized spacial score (nSPS) is 23.5. The van der Waals surface area contributed by atoms with Gasteiger partial charge in [-0.25, -0.2) is 4.39 Å². The molecule has 0 radical (unpaired) electrons. The Morgan fingerprint density at radius 3 is 3.00 bits per heavy atom. The fourth-order valence-electron chi connectivity index (χ4n) is 2.73. The molecule has 1 N–H and O–H groups in total. The van der Waals surface area contributed by atoms with Gasteiger partial charge < -0.3 is 10.1 Å². The highest BCUT2D eigenvalue weighted by Crippen LogP contribution is 2.33. The molecular formula is C15H21ClFNO. The van der Waals surface area contributed by atoms with Crippen LogP contribution in [0.4, 0.5) is 4.39 Å². The van der Waals surface area contributed by atoms with Crippen molar-refractivity contribution in [2.45, 2.75) is 26.2 Å². The largest absolute Gasteiger partial charge is 0.381 e. The molecule has 1 aromatic carbocycles. The molecule has 0 aromatic heterocycles. The van der Waals surface area contributed by atoms with E-state index in [1.54, 1.807) is 6.07 Å². The van der Waals surface area contributed by atoms with Crippen LogP contribution in [-0.2, 0) is 11.2 Å². The molecule has 2 nitrogen and oxygen atoms in total. The molecule has 0 saturated carbocycles. The van der Waals surface area contributed by atoms with Crippen LogP contribution in [0.15, 0.2) is 18.2 Å². The Bertz CT molecular complexity index is 419. The van der Waals surface area contributed by atoms with Gasteiger partial charge in [0.25, 0.3) is 0 Å². The minimum Gasteiger partial charge on any atom is -0.381 e. The van der Waals surface area contributed by atoms with Crippen molar-refractivity contribution in [1.29, 1.82) is 0 Å². The Hall–Kier alpha value is -0.640. The SMILES string of the molecule is CCNCC1(Cc2cccc(Cl)c2F)CCCOC1. The molecule has 4 heteroatoms. The first-order valence-electron chi connectivity index (χ1n) is 6.88. The highest BCUT2D eigenvalue weighted by Gasteiger charge is 2.33. The van der Waals surface area contributed by atoms with Crippen LogP contribution >= 0.6 is 11.6 Å². The lowest BCUT2D eigenvalue weighted by Crippen LogP contribution is -2.42. The highest BCUT2D eigenvalue weighted by molar-refractivity contribution is 6.30. The third-order valence-corrected chi connectivity index (χ3v) is 4.04. The van der Waals surface area contributed by atoms with Crippen LogP contribution in [0.5, 0.6) is 0 Å². The van der Waals surface area contributed by atoms with Gasteiger partial charge in [-0.15, -0.1) is 0 Å². The van der Waals surface area contributed by atoms with E-state index < -0.39 is 0 Å². The number of rotatable bonds is 5. The molecule has 0 aliphatic carbocycles. The van der Waals surface area contributed by atoms with Gasteiger partial charge in [0.2, 0.25) is 0 Å². The van der Waals surface area contributed by atoms with Crippen molar-refractivity contribution in [1.82, 2.24) is 5.32 Å². The van der Waals surface area contributed by atoms with Gasteiger partial charge >= 0.3 is 0 Å². The lowest BCUT2D eigenvalue weighted by Gasteiger charge is -2.37. The second-order valence-electron chi connectivity index (χ2n) is 5.33. The molecule has 0 spiro atoms. The number of hydrogen-bond acceptors (Lipinski definition) is 2. The fourth-order valence-corrected chi connectivity index (χ4v) is 2.92. The van der Waals surface area contributed by atoms with Crippen molar-refractivity contribution < 1.29 is 9.13 Å². The van der Waals surface area contributed by atoms with Gasteiger partial charge in [0.15, 0.2) is 0 Å². The molecular weight excluding hydrogens is 265 g/mol. The first-order chi connectivity index (χ1) is 9.17. The van der Waals surface area contributed by atoms with Crippen molar-refractivity contribution in [2.75, 3.05) is 26.3 Å². The van der Waals surface area contributed by atoms with E-state index >= 15 is 0 Å². The van der Waals surface area contributed by atoms with Crippen LogP contribution in [0.3, 0.4) is 0 Å². The number of halogens is 2. The van der Waals surface area contributed by atoms with E-state index in [2.05, 4.69) is 12.2 Å². The molecule has 1 unspecified atom stereocenters. The third-order valence-electron chi connectivity index (χ3n) is 3.75. The molecule has 1 saturated heterocycles. The van der Waals surface area contributed by atoms with E-state index in [0.717, 1.165) is 32.5 Å². The lowest BCUT2D eigenvalue weighted by molar-refractivity contribution is -0.00728. The zero-order valence-electron chi connectivity index (χ0n) is 11.3. The second-order valence-corrected chi connectivity index (χ2v) is 5.73. The van der Waals surface area contributed by atoms with E-state index in [1.165, 1.54) is 0 Å². The maximum Gasteiger partial charge on any atom is 0.144 e. The molecule has 106 valence electrons. The molecule has 1 fully saturated rings. The van der Waals surface area contributed by atoms with E-state index in [9.17, 15) is 4.39 Å². The molecule has 1 aromatic rings. The van der Waals surface area contributed by atoms with E-state index in [0.29, 0.717) is 18.6 Å². The highest BCUT2D eigenvalue weighted by atomic mass is 35.5. The monoisotopic (exact) mass is 285 g/mol. The topological polar surface area (TPSA) is 21.3 Å². The minimum atomic E-state index is -0.286. The summed E-state index contributed by atoms with van der Waals surface area (Å²) in [6, 6.07) is 5.23. The quantitative estimate of drug-likeness (QED) is 0.895. The lowest BCUT2D eigenvalue weighted by atomic mass is 9.77. The number of hydrogen-bond donors (Lipinski definition) is 1. The first-order valence-corrected chi connectivity index (χ1v) is 7.26. The van der Waals surface area contributed by atoms with Gasteiger partial charge in [-0.05, 0) is 37.4 Å². The summed E-state index contributed by atoms with van der Waals surface area (Å²) in [4.78, 5) is 0. The maximum atomic E-state index is 14.1. The second kappa shape index (κ2) is 6.69. The van der Waals surface area contributed by atoms with E-state index in [1.807, 2.05) is 12.1 Å². The number of benzene rings is 1. The van der Waals surface area contributed by atoms with Gasteiger partial charge in [-0.1, -0.05) is 30.7 Å². The molecule has 0 amide bonds. The zero-order chi connectivity index (χ0) is 13.7. The molecule has 19 heavy (non-hydrogen) atoms. The van der Waals surface area contributed by atoms with Gasteiger partial charge in [0.1, 0.15) is 5.82 Å². The van der Waals surface area contributed by atoms with Crippen molar-refractivity contribution in [2.24, 2.45) is 5.41 Å². The molecule has 1 atom stereocenters. The molecule has 1 aliphatic rings. The Labute approximate surface area is 119 Å². The predicted molar refractivity (Wildman–Crippen MR) is 76.1 cm³/mol. The average molecular weight is 286 g/mol. The average Bonchev–Trinajstić information content (AvgIpc) is 2.43. The summed E-state index contributed by atoms with van der Waals surface area (Å²) in [6.07, 6.45) is 2.77. The van der Waals surface area contributed by atoms with Crippen LogP contribution < -0.4 is 5.32 Å². The Balaban J connectivity index is 2.17. The summed E-state index contributed by atoms with van der Waals surface area (Å²) in [5, 5.41) is 3.58. The summed E-state index contributed by atoms with van der Waals surface area (Å²) in [5.74, 6) is -0.286. The fraction of sp³-hybridized carbons (Fsp3) is 0.600. The Morgan fingerprint density at radius 2 is 2.32 bits per heavy atom. The number of ether oxygens (including phenoxy) is 1. The maximum absolute atomic E-state index is 14.1. The minimum absolute atomic E-state index is 0.0141. The molecule has 1 heterocycles. The van der Waals surface area contributed by atoms with Gasteiger partial charge in [-0.2, -0.15) is 0 Å². The van der Waals surface area contributed by atoms with Crippen LogP contribution in [0, 0.1) is 11.2 Å². The Kier molecular flexibility index (Phi) is 5.20. The van der Waals surface area contributed by atoms with Crippen LogP contribution in [-0.4, -0.2) is 26.3 Å². The van der Waals surface area contributed by atoms with Crippen molar-refractivity contribution in [3.63, 3.8) is 0 Å². The zero-order valence-corrected chi connectivity index (χ0v) is 12.1. The third kappa shape index (κ3) is 3.68. The van der Waals surface area contributed by atoms with Crippen molar-refractivity contribution in [3.05, 3.63) is 34.6 Å². The van der Waals surface area contributed by atoms with Crippen LogP contribution in [0.1, 0.15) is 25.3 Å². The van der Waals surface area contributed by atoms with Gasteiger partial charge in [0.05, 0.1) is 11.6 Å². The van der Waals surface area contributed by atoms with Crippen LogP contribution in [0.25, 0.3) is 0 Å². The summed E-state index contributed by atoms with van der Waals surface area (Å²) in [7, 11) is 0. The van der Waals surface area contributed by atoms with Crippen molar-refractivity contribution in [3.8, 4) is 0 Å².